The number of anilines is 1. The standard InChI is InChI=1S/C8H10N6O2/c9-7-6(13-16-14-7)8(15)11-2-1-5-3-10-4-12-5/h3-4H,1-2H2,(H2,9,14)(H,10,12)(H,11,15). The number of aromatic nitrogens is 4. The van der Waals surface area contributed by atoms with E-state index in [-0.39, 0.29) is 11.5 Å². The Hall–Kier alpha value is -2.38. The van der Waals surface area contributed by atoms with Gasteiger partial charge in [-0.3, -0.25) is 4.79 Å². The van der Waals surface area contributed by atoms with E-state index in [2.05, 4.69) is 30.2 Å². The molecule has 0 radical (unpaired) electrons. The van der Waals surface area contributed by atoms with Gasteiger partial charge in [0.15, 0.2) is 0 Å². The number of H-pyrrole nitrogens is 1. The average molecular weight is 222 g/mol. The largest absolute Gasteiger partial charge is 0.379 e. The third-order valence-corrected chi connectivity index (χ3v) is 1.96. The van der Waals surface area contributed by atoms with Crippen molar-refractivity contribution >= 4 is 11.7 Å². The average Bonchev–Trinajstić information content (AvgIpc) is 2.88. The van der Waals surface area contributed by atoms with E-state index in [1.54, 1.807) is 12.5 Å². The lowest BCUT2D eigenvalue weighted by atomic mass is 10.3. The number of rotatable bonds is 4. The number of carbonyl (C=O) groups is 1. The second-order valence-electron chi connectivity index (χ2n) is 3.08. The van der Waals surface area contributed by atoms with Gasteiger partial charge in [-0.15, -0.1) is 0 Å². The van der Waals surface area contributed by atoms with Crippen LogP contribution in [0.25, 0.3) is 0 Å². The molecule has 2 aromatic rings. The fourth-order valence-electron chi connectivity index (χ4n) is 1.17. The zero-order valence-electron chi connectivity index (χ0n) is 8.30. The molecule has 0 aliphatic heterocycles. The molecule has 4 N–H and O–H groups in total. The van der Waals surface area contributed by atoms with Gasteiger partial charge < -0.3 is 16.0 Å². The molecular weight excluding hydrogens is 212 g/mol. The summed E-state index contributed by atoms with van der Waals surface area (Å²) in [5, 5.41) is 9.33. The van der Waals surface area contributed by atoms with E-state index >= 15 is 0 Å². The predicted octanol–water partition coefficient (Wildman–Crippen LogP) is -0.653. The van der Waals surface area contributed by atoms with Crippen molar-refractivity contribution < 1.29 is 9.42 Å². The summed E-state index contributed by atoms with van der Waals surface area (Å²) in [5.74, 6) is -0.419. The highest BCUT2D eigenvalue weighted by Crippen LogP contribution is 2.03. The van der Waals surface area contributed by atoms with Crippen LogP contribution in [0.5, 0.6) is 0 Å². The van der Waals surface area contributed by atoms with Gasteiger partial charge >= 0.3 is 0 Å². The molecule has 8 heteroatoms. The number of nitrogens with two attached hydrogens (primary N) is 1. The van der Waals surface area contributed by atoms with Gasteiger partial charge in [-0.2, -0.15) is 0 Å². The molecule has 0 atom stereocenters. The van der Waals surface area contributed by atoms with Crippen molar-refractivity contribution in [3.05, 3.63) is 23.9 Å². The Bertz CT molecular complexity index is 463. The summed E-state index contributed by atoms with van der Waals surface area (Å²) >= 11 is 0. The first-order chi connectivity index (χ1) is 7.77. The monoisotopic (exact) mass is 222 g/mol. The van der Waals surface area contributed by atoms with Gasteiger partial charge in [-0.25, -0.2) is 9.61 Å². The van der Waals surface area contributed by atoms with Crippen LogP contribution in [-0.2, 0) is 6.42 Å². The van der Waals surface area contributed by atoms with Crippen LogP contribution in [0.3, 0.4) is 0 Å². The maximum absolute atomic E-state index is 11.5. The molecule has 0 saturated carbocycles. The molecule has 84 valence electrons. The number of nitrogen functional groups attached to an aromatic ring is 1. The van der Waals surface area contributed by atoms with Crippen molar-refractivity contribution in [2.45, 2.75) is 6.42 Å². The minimum atomic E-state index is -0.404. The Labute approximate surface area is 90.2 Å². The van der Waals surface area contributed by atoms with Gasteiger partial charge in [0.25, 0.3) is 5.91 Å². The molecule has 0 aliphatic carbocycles. The molecule has 0 fully saturated rings. The van der Waals surface area contributed by atoms with E-state index in [9.17, 15) is 4.79 Å². The summed E-state index contributed by atoms with van der Waals surface area (Å²) in [7, 11) is 0. The zero-order valence-corrected chi connectivity index (χ0v) is 8.30. The maximum Gasteiger partial charge on any atom is 0.277 e. The molecule has 0 aromatic carbocycles. The lowest BCUT2D eigenvalue weighted by Crippen LogP contribution is -2.26. The normalized spacial score (nSPS) is 10.2. The SMILES string of the molecule is Nc1nonc1C(=O)NCCc1cnc[nH]1. The molecule has 0 unspecified atom stereocenters. The summed E-state index contributed by atoms with van der Waals surface area (Å²) in [6, 6.07) is 0. The molecule has 2 aromatic heterocycles. The number of amides is 1. The number of hydrogen-bond donors (Lipinski definition) is 3. The minimum absolute atomic E-state index is 0.00427. The van der Waals surface area contributed by atoms with E-state index in [1.165, 1.54) is 0 Å². The van der Waals surface area contributed by atoms with E-state index < -0.39 is 5.91 Å². The molecule has 0 spiro atoms. The summed E-state index contributed by atoms with van der Waals surface area (Å²) in [5.41, 5.74) is 6.30. The molecule has 0 saturated heterocycles. The molecule has 2 heterocycles. The summed E-state index contributed by atoms with van der Waals surface area (Å²) in [6.07, 6.45) is 3.92. The van der Waals surface area contributed by atoms with Crippen molar-refractivity contribution in [1.29, 1.82) is 0 Å². The summed E-state index contributed by atoms with van der Waals surface area (Å²) in [4.78, 5) is 18.3. The second-order valence-corrected chi connectivity index (χ2v) is 3.08. The van der Waals surface area contributed by atoms with Crippen LogP contribution in [0, 0.1) is 0 Å². The third-order valence-electron chi connectivity index (χ3n) is 1.96. The predicted molar refractivity (Wildman–Crippen MR) is 53.3 cm³/mol. The molecule has 2 rings (SSSR count). The number of imidazole rings is 1. The number of nitrogens with zero attached hydrogens (tertiary/aromatic N) is 3. The van der Waals surface area contributed by atoms with E-state index in [1.807, 2.05) is 0 Å². The minimum Gasteiger partial charge on any atom is -0.379 e. The highest BCUT2D eigenvalue weighted by Gasteiger charge is 2.14. The Kier molecular flexibility index (Phi) is 2.81. The zero-order chi connectivity index (χ0) is 11.4. The van der Waals surface area contributed by atoms with Crippen LogP contribution in [0.1, 0.15) is 16.2 Å². The van der Waals surface area contributed by atoms with Gasteiger partial charge in [-0.1, -0.05) is 0 Å². The third kappa shape index (κ3) is 2.16. The van der Waals surface area contributed by atoms with Gasteiger partial charge in [-0.05, 0) is 10.3 Å². The fourth-order valence-corrected chi connectivity index (χ4v) is 1.17. The topological polar surface area (TPSA) is 123 Å². The summed E-state index contributed by atoms with van der Waals surface area (Å²) < 4.78 is 4.32. The highest BCUT2D eigenvalue weighted by atomic mass is 16.6. The van der Waals surface area contributed by atoms with E-state index in [4.69, 9.17) is 5.73 Å². The Balaban J connectivity index is 1.83. The molecule has 1 amide bonds. The number of hydrogen-bond acceptors (Lipinski definition) is 6. The number of aromatic amines is 1. The Morgan fingerprint density at radius 1 is 1.56 bits per heavy atom. The quantitative estimate of drug-likeness (QED) is 0.631. The molecule has 0 bridgehead atoms. The maximum atomic E-state index is 11.5. The van der Waals surface area contributed by atoms with Gasteiger partial charge in [0.2, 0.25) is 11.5 Å². The van der Waals surface area contributed by atoms with Crippen molar-refractivity contribution in [2.75, 3.05) is 12.3 Å². The highest BCUT2D eigenvalue weighted by molar-refractivity contribution is 5.95. The first-order valence-electron chi connectivity index (χ1n) is 4.61. The Morgan fingerprint density at radius 2 is 2.44 bits per heavy atom. The first-order valence-corrected chi connectivity index (χ1v) is 4.61. The van der Waals surface area contributed by atoms with E-state index in [0.717, 1.165) is 5.69 Å². The van der Waals surface area contributed by atoms with Crippen molar-refractivity contribution in [3.8, 4) is 0 Å². The molecule has 16 heavy (non-hydrogen) atoms. The fraction of sp³-hybridized carbons (Fsp3) is 0.250. The summed E-state index contributed by atoms with van der Waals surface area (Å²) in [6.45, 7) is 0.452. The van der Waals surface area contributed by atoms with Crippen molar-refractivity contribution in [3.63, 3.8) is 0 Å². The Morgan fingerprint density at radius 3 is 3.06 bits per heavy atom. The van der Waals surface area contributed by atoms with Gasteiger partial charge in [0.1, 0.15) is 0 Å². The van der Waals surface area contributed by atoms with Crippen LogP contribution >= 0.6 is 0 Å². The van der Waals surface area contributed by atoms with Crippen LogP contribution in [-0.4, -0.2) is 32.7 Å². The van der Waals surface area contributed by atoms with Crippen LogP contribution in [0.15, 0.2) is 17.2 Å². The van der Waals surface area contributed by atoms with E-state index in [0.29, 0.717) is 13.0 Å². The number of carbonyl (C=O) groups excluding carboxylic acids is 1. The first kappa shape index (κ1) is 10.1. The van der Waals surface area contributed by atoms with Gasteiger partial charge in [0, 0.05) is 24.9 Å². The van der Waals surface area contributed by atoms with Gasteiger partial charge in [0.05, 0.1) is 6.33 Å². The van der Waals surface area contributed by atoms with Crippen molar-refractivity contribution in [2.24, 2.45) is 0 Å². The number of nitrogens with one attached hydrogen (secondary N) is 2. The van der Waals surface area contributed by atoms with Crippen molar-refractivity contribution in [1.82, 2.24) is 25.6 Å². The smallest absolute Gasteiger partial charge is 0.277 e. The van der Waals surface area contributed by atoms with Crippen LogP contribution in [0.4, 0.5) is 5.82 Å². The van der Waals surface area contributed by atoms with Crippen LogP contribution in [0.2, 0.25) is 0 Å². The lowest BCUT2D eigenvalue weighted by molar-refractivity contribution is 0.0945. The second kappa shape index (κ2) is 4.43. The lowest BCUT2D eigenvalue weighted by Gasteiger charge is -2.00. The molecule has 0 aliphatic rings. The van der Waals surface area contributed by atoms with Crippen LogP contribution < -0.4 is 11.1 Å². The molecular formula is C8H10N6O2. The molecule has 8 nitrogen and oxygen atoms in total.